The molecule has 3 unspecified atom stereocenters. The molecule has 0 bridgehead atoms. The average Bonchev–Trinajstić information content (AvgIpc) is 2.43. The molecule has 0 aliphatic heterocycles. The third kappa shape index (κ3) is 5.65. The number of hydrogen-bond donors (Lipinski definition) is 1. The van der Waals surface area contributed by atoms with E-state index in [1.165, 1.54) is 25.7 Å². The number of carbonyl (C=O) groups is 1. The van der Waals surface area contributed by atoms with E-state index in [9.17, 15) is 4.79 Å². The molecule has 0 aromatic carbocycles. The molecule has 3 atom stereocenters. The molecular formula is C16H31NO2S. The number of esters is 1. The lowest BCUT2D eigenvalue weighted by Gasteiger charge is -2.32. The van der Waals surface area contributed by atoms with Gasteiger partial charge in [-0.25, -0.2) is 0 Å². The predicted molar refractivity (Wildman–Crippen MR) is 87.2 cm³/mol. The molecule has 0 amide bonds. The van der Waals surface area contributed by atoms with Gasteiger partial charge in [-0.05, 0) is 45.6 Å². The molecule has 0 spiro atoms. The molecule has 4 heteroatoms. The zero-order valence-corrected chi connectivity index (χ0v) is 14.4. The summed E-state index contributed by atoms with van der Waals surface area (Å²) in [5, 5.41) is 4.09. The van der Waals surface area contributed by atoms with Gasteiger partial charge in [-0.3, -0.25) is 4.79 Å². The zero-order chi connectivity index (χ0) is 15.0. The second-order valence-electron chi connectivity index (χ2n) is 6.18. The van der Waals surface area contributed by atoms with Crippen molar-refractivity contribution in [2.45, 2.75) is 70.6 Å². The van der Waals surface area contributed by atoms with E-state index in [0.717, 1.165) is 24.6 Å². The predicted octanol–water partition coefficient (Wildman–Crippen LogP) is 3.62. The van der Waals surface area contributed by atoms with Crippen molar-refractivity contribution >= 4 is 17.7 Å². The van der Waals surface area contributed by atoms with Crippen molar-refractivity contribution in [2.24, 2.45) is 5.92 Å². The van der Waals surface area contributed by atoms with Crippen LogP contribution in [0.1, 0.15) is 59.8 Å². The number of nitrogens with one attached hydrogen (secondary N) is 1. The minimum absolute atomic E-state index is 0.107. The van der Waals surface area contributed by atoms with Gasteiger partial charge in [-0.2, -0.15) is 11.8 Å². The third-order valence-corrected chi connectivity index (χ3v) is 5.63. The first-order valence-electron chi connectivity index (χ1n) is 8.05. The van der Waals surface area contributed by atoms with Crippen molar-refractivity contribution in [3.63, 3.8) is 0 Å². The molecule has 0 radical (unpaired) electrons. The third-order valence-electron chi connectivity index (χ3n) is 3.99. The Hall–Kier alpha value is -0.220. The highest BCUT2D eigenvalue weighted by Crippen LogP contribution is 2.33. The van der Waals surface area contributed by atoms with Crippen molar-refractivity contribution in [1.82, 2.24) is 5.32 Å². The van der Waals surface area contributed by atoms with Gasteiger partial charge in [0.2, 0.25) is 0 Å². The smallest absolute Gasteiger partial charge is 0.326 e. The van der Waals surface area contributed by atoms with Gasteiger partial charge in [-0.1, -0.05) is 26.7 Å². The van der Waals surface area contributed by atoms with Crippen LogP contribution in [-0.2, 0) is 9.53 Å². The van der Waals surface area contributed by atoms with Gasteiger partial charge in [0.15, 0.2) is 0 Å². The van der Waals surface area contributed by atoms with Crippen LogP contribution >= 0.6 is 11.8 Å². The van der Waals surface area contributed by atoms with Crippen molar-refractivity contribution in [3.8, 4) is 0 Å². The molecule has 0 aromatic rings. The van der Waals surface area contributed by atoms with Crippen LogP contribution < -0.4 is 5.32 Å². The van der Waals surface area contributed by atoms with Gasteiger partial charge in [0.1, 0.15) is 5.54 Å². The van der Waals surface area contributed by atoms with E-state index in [1.807, 2.05) is 25.6 Å². The van der Waals surface area contributed by atoms with E-state index in [0.29, 0.717) is 11.9 Å². The summed E-state index contributed by atoms with van der Waals surface area (Å²) in [5.41, 5.74) is -0.544. The largest absolute Gasteiger partial charge is 0.465 e. The first-order valence-corrected chi connectivity index (χ1v) is 9.10. The van der Waals surface area contributed by atoms with Gasteiger partial charge in [0, 0.05) is 11.0 Å². The lowest BCUT2D eigenvalue weighted by molar-refractivity contribution is -0.149. The first-order chi connectivity index (χ1) is 9.51. The summed E-state index contributed by atoms with van der Waals surface area (Å²) in [4.78, 5) is 12.2. The Kier molecular flexibility index (Phi) is 7.96. The molecule has 0 saturated heterocycles. The lowest BCUT2D eigenvalue weighted by atomic mass is 9.91. The van der Waals surface area contributed by atoms with Crippen molar-refractivity contribution in [1.29, 1.82) is 0 Å². The number of hydrogen-bond acceptors (Lipinski definition) is 4. The van der Waals surface area contributed by atoms with E-state index >= 15 is 0 Å². The van der Waals surface area contributed by atoms with Crippen LogP contribution in [0.2, 0.25) is 0 Å². The summed E-state index contributed by atoms with van der Waals surface area (Å²) in [6.45, 7) is 9.62. The Balaban J connectivity index is 2.52. The molecule has 3 nitrogen and oxygen atoms in total. The molecule has 1 saturated carbocycles. The lowest BCUT2D eigenvalue weighted by Crippen LogP contribution is -2.53. The van der Waals surface area contributed by atoms with Crippen LogP contribution in [0.15, 0.2) is 0 Å². The Morgan fingerprint density at radius 3 is 2.75 bits per heavy atom. The van der Waals surface area contributed by atoms with E-state index in [4.69, 9.17) is 4.74 Å². The molecular weight excluding hydrogens is 270 g/mol. The molecule has 20 heavy (non-hydrogen) atoms. The topological polar surface area (TPSA) is 38.3 Å². The maximum atomic E-state index is 12.2. The molecule has 1 fully saturated rings. The Bertz CT molecular complexity index is 298. The van der Waals surface area contributed by atoms with Gasteiger partial charge >= 0.3 is 5.97 Å². The van der Waals surface area contributed by atoms with Gasteiger partial charge < -0.3 is 10.1 Å². The number of thioether (sulfide) groups is 1. The highest BCUT2D eigenvalue weighted by atomic mass is 32.2. The fourth-order valence-electron chi connectivity index (χ4n) is 2.69. The van der Waals surface area contributed by atoms with Gasteiger partial charge in [-0.15, -0.1) is 0 Å². The number of ether oxygens (including phenoxy) is 1. The quantitative estimate of drug-likeness (QED) is 0.695. The summed E-state index contributed by atoms with van der Waals surface area (Å²) in [6, 6.07) is 0. The van der Waals surface area contributed by atoms with Crippen LogP contribution in [-0.4, -0.2) is 35.7 Å². The van der Waals surface area contributed by atoms with Crippen molar-refractivity contribution < 1.29 is 9.53 Å². The molecule has 1 aliphatic rings. The Labute approximate surface area is 128 Å². The number of rotatable bonds is 8. The summed E-state index contributed by atoms with van der Waals surface area (Å²) in [5.74, 6) is 1.53. The minimum Gasteiger partial charge on any atom is -0.465 e. The van der Waals surface area contributed by atoms with Crippen LogP contribution in [0.5, 0.6) is 0 Å². The van der Waals surface area contributed by atoms with E-state index in [2.05, 4.69) is 19.2 Å². The summed E-state index contributed by atoms with van der Waals surface area (Å²) >= 11 is 1.95. The summed E-state index contributed by atoms with van der Waals surface area (Å²) in [7, 11) is 0. The Morgan fingerprint density at radius 2 is 2.15 bits per heavy atom. The molecule has 0 aromatic heterocycles. The molecule has 0 heterocycles. The SMILES string of the molecule is CCCNC(C)(CSC1CCCC(C)C1)C(=O)OCC. The normalized spacial score (nSPS) is 26.0. The van der Waals surface area contributed by atoms with E-state index in [-0.39, 0.29) is 5.97 Å². The summed E-state index contributed by atoms with van der Waals surface area (Å²) < 4.78 is 5.25. The van der Waals surface area contributed by atoms with Crippen LogP contribution in [0.3, 0.4) is 0 Å². The van der Waals surface area contributed by atoms with Crippen molar-refractivity contribution in [3.05, 3.63) is 0 Å². The van der Waals surface area contributed by atoms with Crippen LogP contribution in [0.4, 0.5) is 0 Å². The highest BCUT2D eigenvalue weighted by Gasteiger charge is 2.35. The van der Waals surface area contributed by atoms with Gasteiger partial charge in [0.05, 0.1) is 6.61 Å². The van der Waals surface area contributed by atoms with Gasteiger partial charge in [0.25, 0.3) is 0 Å². The highest BCUT2D eigenvalue weighted by molar-refractivity contribution is 8.00. The molecule has 118 valence electrons. The average molecular weight is 301 g/mol. The zero-order valence-electron chi connectivity index (χ0n) is 13.5. The van der Waals surface area contributed by atoms with Crippen LogP contribution in [0.25, 0.3) is 0 Å². The minimum atomic E-state index is -0.544. The standard InChI is InChI=1S/C16H31NO2S/c1-5-10-17-16(4,15(18)19-6-2)12-20-14-9-7-8-13(3)11-14/h13-14,17H,5-12H2,1-4H3. The Morgan fingerprint density at radius 1 is 1.40 bits per heavy atom. The second kappa shape index (κ2) is 8.93. The first kappa shape index (κ1) is 17.8. The second-order valence-corrected chi connectivity index (χ2v) is 7.47. The fourth-order valence-corrected chi connectivity index (χ4v) is 4.27. The van der Waals surface area contributed by atoms with E-state index < -0.39 is 5.54 Å². The molecule has 1 rings (SSSR count). The van der Waals surface area contributed by atoms with E-state index in [1.54, 1.807) is 0 Å². The number of carbonyl (C=O) groups excluding carboxylic acids is 1. The molecule has 1 aliphatic carbocycles. The van der Waals surface area contributed by atoms with Crippen molar-refractivity contribution in [2.75, 3.05) is 18.9 Å². The summed E-state index contributed by atoms with van der Waals surface area (Å²) in [6.07, 6.45) is 6.30. The maximum Gasteiger partial charge on any atom is 0.326 e. The monoisotopic (exact) mass is 301 g/mol. The maximum absolute atomic E-state index is 12.2. The fraction of sp³-hybridized carbons (Fsp3) is 0.938. The van der Waals surface area contributed by atoms with Crippen LogP contribution in [0, 0.1) is 5.92 Å². The molecule has 1 N–H and O–H groups in total.